The zero-order valence-electron chi connectivity index (χ0n) is 11.8. The van der Waals surface area contributed by atoms with Crippen molar-refractivity contribution in [1.82, 2.24) is 0 Å². The van der Waals surface area contributed by atoms with Crippen LogP contribution in [0.2, 0.25) is 0 Å². The highest BCUT2D eigenvalue weighted by molar-refractivity contribution is 8.03. The van der Waals surface area contributed by atoms with Gasteiger partial charge in [0.15, 0.2) is 0 Å². The average molecular weight is 279 g/mol. The maximum atomic E-state index is 12.2. The van der Waals surface area contributed by atoms with Gasteiger partial charge >= 0.3 is 5.97 Å². The fourth-order valence-electron chi connectivity index (χ4n) is 2.83. The van der Waals surface area contributed by atoms with Crippen LogP contribution < -0.4 is 5.73 Å². The Morgan fingerprint density at radius 3 is 2.21 bits per heavy atom. The molecule has 2 rings (SSSR count). The van der Waals surface area contributed by atoms with Crippen LogP contribution in [-0.4, -0.2) is 21.6 Å². The fraction of sp³-hybridized carbons (Fsp3) is 0.533. The SMILES string of the molecule is CC1(C)SC(C)(C)C1OC(=O)[C@H](N)c1ccccc1. The standard InChI is InChI=1S/C15H21NO2S/c1-14(2)13(15(3,4)19-14)18-12(17)11(16)10-8-6-5-7-9-10/h5-9,11,13H,16H2,1-4H3/t11-/m1/s1. The second kappa shape index (κ2) is 4.84. The molecule has 0 radical (unpaired) electrons. The molecule has 0 amide bonds. The van der Waals surface area contributed by atoms with Crippen molar-refractivity contribution >= 4 is 17.7 Å². The quantitative estimate of drug-likeness (QED) is 0.864. The maximum Gasteiger partial charge on any atom is 0.327 e. The van der Waals surface area contributed by atoms with Crippen LogP contribution in [0.3, 0.4) is 0 Å². The Kier molecular flexibility index (Phi) is 3.67. The highest BCUT2D eigenvalue weighted by atomic mass is 32.2. The normalized spacial score (nSPS) is 22.4. The van der Waals surface area contributed by atoms with E-state index in [-0.39, 0.29) is 21.6 Å². The van der Waals surface area contributed by atoms with Crippen LogP contribution in [0.1, 0.15) is 39.3 Å². The highest BCUT2D eigenvalue weighted by Crippen LogP contribution is 2.56. The molecule has 0 aliphatic carbocycles. The number of benzene rings is 1. The lowest BCUT2D eigenvalue weighted by molar-refractivity contribution is -0.155. The molecule has 2 N–H and O–H groups in total. The molecule has 1 aromatic carbocycles. The molecule has 1 aliphatic heterocycles. The summed E-state index contributed by atoms with van der Waals surface area (Å²) in [5, 5.41) is 0. The number of nitrogens with two attached hydrogens (primary N) is 1. The fourth-order valence-corrected chi connectivity index (χ4v) is 4.90. The molecule has 104 valence electrons. The molecule has 4 heteroatoms. The first kappa shape index (κ1) is 14.4. The molecule has 1 saturated heterocycles. The van der Waals surface area contributed by atoms with Crippen LogP contribution >= 0.6 is 11.8 Å². The summed E-state index contributed by atoms with van der Waals surface area (Å²) in [5.41, 5.74) is 6.75. The average Bonchev–Trinajstić information content (AvgIpc) is 2.34. The largest absolute Gasteiger partial charge is 0.458 e. The Morgan fingerprint density at radius 1 is 1.21 bits per heavy atom. The molecule has 0 spiro atoms. The van der Waals surface area contributed by atoms with Crippen molar-refractivity contribution in [2.45, 2.75) is 49.3 Å². The zero-order chi connectivity index (χ0) is 14.3. The number of carbonyl (C=O) groups is 1. The van der Waals surface area contributed by atoms with Gasteiger partial charge in [-0.2, -0.15) is 0 Å². The first-order valence-electron chi connectivity index (χ1n) is 6.45. The summed E-state index contributed by atoms with van der Waals surface area (Å²) in [7, 11) is 0. The Balaban J connectivity index is 2.06. The van der Waals surface area contributed by atoms with Gasteiger partial charge in [0.05, 0.1) is 0 Å². The van der Waals surface area contributed by atoms with Crippen molar-refractivity contribution < 1.29 is 9.53 Å². The number of rotatable bonds is 3. The molecule has 1 fully saturated rings. The maximum absolute atomic E-state index is 12.2. The third kappa shape index (κ3) is 2.79. The van der Waals surface area contributed by atoms with Crippen molar-refractivity contribution in [1.29, 1.82) is 0 Å². The van der Waals surface area contributed by atoms with Gasteiger partial charge in [-0.05, 0) is 33.3 Å². The Bertz CT molecular complexity index is 456. The summed E-state index contributed by atoms with van der Waals surface area (Å²) in [5.74, 6) is -0.349. The van der Waals surface area contributed by atoms with Crippen LogP contribution in [-0.2, 0) is 9.53 Å². The van der Waals surface area contributed by atoms with Gasteiger partial charge in [-0.3, -0.25) is 0 Å². The van der Waals surface area contributed by atoms with E-state index in [1.165, 1.54) is 0 Å². The summed E-state index contributed by atoms with van der Waals surface area (Å²) in [6.45, 7) is 8.37. The van der Waals surface area contributed by atoms with Crippen molar-refractivity contribution in [2.75, 3.05) is 0 Å². The van der Waals surface area contributed by atoms with E-state index in [4.69, 9.17) is 10.5 Å². The number of ether oxygens (including phenoxy) is 1. The molecule has 0 unspecified atom stereocenters. The number of hydrogen-bond acceptors (Lipinski definition) is 4. The van der Waals surface area contributed by atoms with Crippen LogP contribution in [0.4, 0.5) is 0 Å². The predicted molar refractivity (Wildman–Crippen MR) is 79.0 cm³/mol. The third-order valence-corrected chi connectivity index (χ3v) is 4.92. The van der Waals surface area contributed by atoms with Gasteiger partial charge < -0.3 is 10.5 Å². The Morgan fingerprint density at radius 2 is 1.74 bits per heavy atom. The molecule has 0 saturated carbocycles. The molecule has 1 heterocycles. The number of hydrogen-bond donors (Lipinski definition) is 1. The molecule has 3 nitrogen and oxygen atoms in total. The molecular formula is C15H21NO2S. The molecule has 1 aromatic rings. The number of thioether (sulfide) groups is 1. The van der Waals surface area contributed by atoms with E-state index in [1.807, 2.05) is 42.1 Å². The second-order valence-corrected chi connectivity index (χ2v) is 8.32. The van der Waals surface area contributed by atoms with E-state index in [1.54, 1.807) is 0 Å². The highest BCUT2D eigenvalue weighted by Gasteiger charge is 2.57. The van der Waals surface area contributed by atoms with Gasteiger partial charge in [-0.1, -0.05) is 30.3 Å². The second-order valence-electron chi connectivity index (χ2n) is 6.01. The topological polar surface area (TPSA) is 52.3 Å². The first-order valence-corrected chi connectivity index (χ1v) is 7.27. The lowest BCUT2D eigenvalue weighted by Gasteiger charge is -2.55. The number of esters is 1. The number of carbonyl (C=O) groups excluding carboxylic acids is 1. The van der Waals surface area contributed by atoms with E-state index < -0.39 is 6.04 Å². The van der Waals surface area contributed by atoms with Crippen LogP contribution in [0, 0.1) is 0 Å². The smallest absolute Gasteiger partial charge is 0.327 e. The van der Waals surface area contributed by atoms with E-state index in [2.05, 4.69) is 27.7 Å². The molecule has 0 bridgehead atoms. The molecular weight excluding hydrogens is 258 g/mol. The minimum Gasteiger partial charge on any atom is -0.458 e. The summed E-state index contributed by atoms with van der Waals surface area (Å²) >= 11 is 1.83. The third-order valence-electron chi connectivity index (χ3n) is 3.44. The molecule has 1 aliphatic rings. The van der Waals surface area contributed by atoms with Gasteiger partial charge in [-0.15, -0.1) is 11.8 Å². The van der Waals surface area contributed by atoms with E-state index in [0.29, 0.717) is 0 Å². The van der Waals surface area contributed by atoms with E-state index in [9.17, 15) is 4.79 Å². The lowest BCUT2D eigenvalue weighted by Crippen LogP contribution is -2.61. The van der Waals surface area contributed by atoms with Crippen molar-refractivity contribution in [3.05, 3.63) is 35.9 Å². The summed E-state index contributed by atoms with van der Waals surface area (Å²) in [6.07, 6.45) is -0.104. The zero-order valence-corrected chi connectivity index (χ0v) is 12.7. The summed E-state index contributed by atoms with van der Waals surface area (Å²) < 4.78 is 5.56. The van der Waals surface area contributed by atoms with Crippen molar-refractivity contribution in [3.8, 4) is 0 Å². The van der Waals surface area contributed by atoms with Gasteiger partial charge in [0.1, 0.15) is 12.1 Å². The minimum atomic E-state index is -0.710. The van der Waals surface area contributed by atoms with Gasteiger partial charge in [-0.25, -0.2) is 4.79 Å². The van der Waals surface area contributed by atoms with Crippen LogP contribution in [0.5, 0.6) is 0 Å². The molecule has 19 heavy (non-hydrogen) atoms. The van der Waals surface area contributed by atoms with E-state index >= 15 is 0 Å². The van der Waals surface area contributed by atoms with Crippen molar-refractivity contribution in [2.24, 2.45) is 5.73 Å². The van der Waals surface area contributed by atoms with Crippen LogP contribution in [0.15, 0.2) is 30.3 Å². The van der Waals surface area contributed by atoms with Gasteiger partial charge in [0.25, 0.3) is 0 Å². The first-order chi connectivity index (χ1) is 8.74. The van der Waals surface area contributed by atoms with Gasteiger partial charge in [0.2, 0.25) is 0 Å². The lowest BCUT2D eigenvalue weighted by atomic mass is 9.92. The summed E-state index contributed by atoms with van der Waals surface area (Å²) in [6, 6.07) is 8.62. The Hall–Kier alpha value is -1.00. The molecule has 1 atom stereocenters. The Labute approximate surface area is 118 Å². The van der Waals surface area contributed by atoms with Crippen molar-refractivity contribution in [3.63, 3.8) is 0 Å². The summed E-state index contributed by atoms with van der Waals surface area (Å²) in [4.78, 5) is 12.2. The molecule has 0 aromatic heterocycles. The minimum absolute atomic E-state index is 0.0461. The van der Waals surface area contributed by atoms with Crippen LogP contribution in [0.25, 0.3) is 0 Å². The van der Waals surface area contributed by atoms with Gasteiger partial charge in [0, 0.05) is 9.49 Å². The monoisotopic (exact) mass is 279 g/mol. The predicted octanol–water partition coefficient (Wildman–Crippen LogP) is 2.90. The van der Waals surface area contributed by atoms with E-state index in [0.717, 1.165) is 5.56 Å².